The number of nitrogens with zero attached hydrogens (tertiary/aromatic N) is 2. The quantitative estimate of drug-likeness (QED) is 0.666. The van der Waals surface area contributed by atoms with Crippen LogP contribution in [0.1, 0.15) is 19.5 Å². The zero-order chi connectivity index (χ0) is 12.1. The fraction of sp³-hybridized carbons (Fsp3) is 0.500. The Morgan fingerprint density at radius 1 is 1.69 bits per heavy atom. The molecule has 1 rings (SSSR count). The molecule has 0 bridgehead atoms. The summed E-state index contributed by atoms with van der Waals surface area (Å²) in [6, 6.07) is 1.79. The first-order valence-corrected chi connectivity index (χ1v) is 5.86. The van der Waals surface area contributed by atoms with Crippen LogP contribution in [0.3, 0.4) is 0 Å². The van der Waals surface area contributed by atoms with Crippen molar-refractivity contribution in [1.29, 1.82) is 0 Å². The molecule has 0 saturated heterocycles. The lowest BCUT2D eigenvalue weighted by atomic mass is 10.1. The molecule has 16 heavy (non-hydrogen) atoms. The highest BCUT2D eigenvalue weighted by Gasteiger charge is 2.12. The van der Waals surface area contributed by atoms with Crippen molar-refractivity contribution < 1.29 is 4.92 Å². The number of pyridine rings is 1. The maximum absolute atomic E-state index is 10.5. The van der Waals surface area contributed by atoms with Crippen LogP contribution < -0.4 is 5.32 Å². The summed E-state index contributed by atoms with van der Waals surface area (Å²) in [5.41, 5.74) is 0.839. The first-order valence-electron chi connectivity index (χ1n) is 5.06. The van der Waals surface area contributed by atoms with Gasteiger partial charge in [0.15, 0.2) is 0 Å². The molecule has 6 heteroatoms. The molecule has 0 aliphatic heterocycles. The lowest BCUT2D eigenvalue weighted by Crippen LogP contribution is -2.28. The normalized spacial score (nSPS) is 12.4. The van der Waals surface area contributed by atoms with E-state index < -0.39 is 4.92 Å². The monoisotopic (exact) mass is 287 g/mol. The van der Waals surface area contributed by atoms with Crippen LogP contribution in [0.25, 0.3) is 0 Å². The van der Waals surface area contributed by atoms with Crippen molar-refractivity contribution in [2.75, 3.05) is 6.54 Å². The van der Waals surface area contributed by atoms with Crippen molar-refractivity contribution in [2.24, 2.45) is 0 Å². The topological polar surface area (TPSA) is 68.1 Å². The highest BCUT2D eigenvalue weighted by Crippen LogP contribution is 2.21. The van der Waals surface area contributed by atoms with E-state index in [0.717, 1.165) is 18.7 Å². The van der Waals surface area contributed by atoms with Crippen LogP contribution in [-0.4, -0.2) is 22.5 Å². The van der Waals surface area contributed by atoms with E-state index in [9.17, 15) is 10.1 Å². The lowest BCUT2D eigenvalue weighted by molar-refractivity contribution is -0.385. The molecule has 1 N–H and O–H groups in total. The summed E-state index contributed by atoms with van der Waals surface area (Å²) in [5, 5.41) is 13.8. The molecule has 0 fully saturated rings. The Labute approximate surface area is 103 Å². The lowest BCUT2D eigenvalue weighted by Gasteiger charge is -2.12. The van der Waals surface area contributed by atoms with E-state index in [1.807, 2.05) is 6.92 Å². The maximum atomic E-state index is 10.5. The van der Waals surface area contributed by atoms with Gasteiger partial charge in [0.05, 0.1) is 10.6 Å². The molecule has 1 atom stereocenters. The van der Waals surface area contributed by atoms with E-state index in [4.69, 9.17) is 0 Å². The molecule has 0 saturated carbocycles. The van der Waals surface area contributed by atoms with Gasteiger partial charge in [0.25, 0.3) is 5.69 Å². The highest BCUT2D eigenvalue weighted by molar-refractivity contribution is 9.10. The molecule has 0 amide bonds. The van der Waals surface area contributed by atoms with Gasteiger partial charge >= 0.3 is 0 Å². The number of nitrogens with one attached hydrogen (secondary N) is 1. The molecule has 1 heterocycles. The van der Waals surface area contributed by atoms with Gasteiger partial charge in [-0.15, -0.1) is 0 Å². The molecule has 88 valence electrons. The van der Waals surface area contributed by atoms with E-state index in [2.05, 4.69) is 33.2 Å². The van der Waals surface area contributed by atoms with Crippen molar-refractivity contribution in [3.8, 4) is 0 Å². The van der Waals surface area contributed by atoms with E-state index >= 15 is 0 Å². The predicted molar refractivity (Wildman–Crippen MR) is 65.4 cm³/mol. The van der Waals surface area contributed by atoms with Crippen LogP contribution in [-0.2, 0) is 6.42 Å². The third kappa shape index (κ3) is 3.53. The van der Waals surface area contributed by atoms with Crippen molar-refractivity contribution in [1.82, 2.24) is 10.3 Å². The molecule has 0 aliphatic rings. The van der Waals surface area contributed by atoms with E-state index in [0.29, 0.717) is 10.5 Å². The Morgan fingerprint density at radius 3 is 2.88 bits per heavy atom. The second-order valence-electron chi connectivity index (χ2n) is 3.54. The van der Waals surface area contributed by atoms with Gasteiger partial charge in [-0.2, -0.15) is 0 Å². The number of nitro groups is 1. The Hall–Kier alpha value is -1.01. The maximum Gasteiger partial charge on any atom is 0.288 e. The summed E-state index contributed by atoms with van der Waals surface area (Å²) in [6.45, 7) is 4.99. The zero-order valence-corrected chi connectivity index (χ0v) is 10.8. The third-order valence-electron chi connectivity index (χ3n) is 2.17. The van der Waals surface area contributed by atoms with Crippen LogP contribution >= 0.6 is 15.9 Å². The smallest absolute Gasteiger partial charge is 0.288 e. The number of aromatic nitrogens is 1. The molecule has 0 aromatic carbocycles. The SMILES string of the molecule is CCNC(C)Cc1ncc([N+](=O)[O-])cc1Br. The zero-order valence-electron chi connectivity index (χ0n) is 9.24. The van der Waals surface area contributed by atoms with Crippen LogP contribution in [0.15, 0.2) is 16.7 Å². The van der Waals surface area contributed by atoms with Crippen LogP contribution in [0.4, 0.5) is 5.69 Å². The molecular formula is C10H14BrN3O2. The van der Waals surface area contributed by atoms with Crippen LogP contribution in [0.5, 0.6) is 0 Å². The third-order valence-corrected chi connectivity index (χ3v) is 2.85. The Morgan fingerprint density at radius 2 is 2.38 bits per heavy atom. The minimum atomic E-state index is -0.449. The first-order chi connectivity index (χ1) is 7.54. The van der Waals surface area contributed by atoms with Crippen molar-refractivity contribution in [3.05, 3.63) is 32.5 Å². The molecule has 1 aromatic heterocycles. The van der Waals surface area contributed by atoms with Gasteiger partial charge in [-0.3, -0.25) is 15.1 Å². The van der Waals surface area contributed by atoms with Crippen molar-refractivity contribution in [2.45, 2.75) is 26.3 Å². The van der Waals surface area contributed by atoms with E-state index in [1.165, 1.54) is 12.3 Å². The van der Waals surface area contributed by atoms with E-state index in [-0.39, 0.29) is 5.69 Å². The summed E-state index contributed by atoms with van der Waals surface area (Å²) < 4.78 is 0.687. The second-order valence-corrected chi connectivity index (χ2v) is 4.40. The highest BCUT2D eigenvalue weighted by atomic mass is 79.9. The number of hydrogen-bond acceptors (Lipinski definition) is 4. The largest absolute Gasteiger partial charge is 0.314 e. The summed E-state index contributed by atoms with van der Waals surface area (Å²) in [4.78, 5) is 14.2. The van der Waals surface area contributed by atoms with Gasteiger partial charge in [-0.1, -0.05) is 6.92 Å². The summed E-state index contributed by atoms with van der Waals surface area (Å²) >= 11 is 3.30. The molecule has 0 aliphatic carbocycles. The molecule has 1 unspecified atom stereocenters. The molecule has 5 nitrogen and oxygen atoms in total. The average molecular weight is 288 g/mol. The summed E-state index contributed by atoms with van der Waals surface area (Å²) in [6.07, 6.45) is 2.03. The average Bonchev–Trinajstić information content (AvgIpc) is 2.21. The predicted octanol–water partition coefficient (Wildman–Crippen LogP) is 2.29. The number of hydrogen-bond donors (Lipinski definition) is 1. The van der Waals surface area contributed by atoms with Crippen molar-refractivity contribution >= 4 is 21.6 Å². The fourth-order valence-electron chi connectivity index (χ4n) is 1.42. The fourth-order valence-corrected chi connectivity index (χ4v) is 1.92. The number of rotatable bonds is 5. The van der Waals surface area contributed by atoms with Crippen LogP contribution in [0.2, 0.25) is 0 Å². The first kappa shape index (κ1) is 13.1. The minimum absolute atomic E-state index is 0.00623. The van der Waals surface area contributed by atoms with Gasteiger partial charge in [0, 0.05) is 23.0 Å². The molecule has 1 aromatic rings. The molecular weight excluding hydrogens is 274 g/mol. The Kier molecular flexibility index (Phi) is 4.82. The van der Waals surface area contributed by atoms with Crippen molar-refractivity contribution in [3.63, 3.8) is 0 Å². The Balaban J connectivity index is 2.79. The van der Waals surface area contributed by atoms with Gasteiger partial charge in [-0.05, 0) is 29.4 Å². The number of likely N-dealkylation sites (N-methyl/N-ethyl adjacent to an activating group) is 1. The van der Waals surface area contributed by atoms with Gasteiger partial charge in [0.1, 0.15) is 6.20 Å². The Bertz CT molecular complexity index is 384. The minimum Gasteiger partial charge on any atom is -0.314 e. The molecule has 0 spiro atoms. The number of halogens is 1. The van der Waals surface area contributed by atoms with E-state index in [1.54, 1.807) is 0 Å². The standard InChI is InChI=1S/C10H14BrN3O2/c1-3-12-7(2)4-10-9(11)5-8(6-13-10)14(15)16/h5-7,12H,3-4H2,1-2H3. The van der Waals surface area contributed by atoms with Gasteiger partial charge in [-0.25, -0.2) is 0 Å². The van der Waals surface area contributed by atoms with Gasteiger partial charge < -0.3 is 5.32 Å². The summed E-state index contributed by atoms with van der Waals surface area (Å²) in [7, 11) is 0. The van der Waals surface area contributed by atoms with Gasteiger partial charge in [0.2, 0.25) is 0 Å². The molecule has 0 radical (unpaired) electrons. The van der Waals surface area contributed by atoms with Crippen LogP contribution in [0, 0.1) is 10.1 Å². The summed E-state index contributed by atoms with van der Waals surface area (Å²) in [5.74, 6) is 0. The second kappa shape index (κ2) is 5.91.